The molecular weight excluding hydrogens is 406 g/mol. The molecule has 8 nitrogen and oxygen atoms in total. The summed E-state index contributed by atoms with van der Waals surface area (Å²) < 4.78 is 8.53. The molecule has 3 heterocycles. The minimum Gasteiger partial charge on any atom is -0.352 e. The van der Waals surface area contributed by atoms with Crippen molar-refractivity contribution in [1.82, 2.24) is 19.4 Å². The Morgan fingerprint density at radius 2 is 1.84 bits per heavy atom. The minimum absolute atomic E-state index is 0.0180. The molecule has 4 rings (SSSR count). The van der Waals surface area contributed by atoms with Crippen LogP contribution in [0, 0.1) is 0 Å². The molecule has 172 valence electrons. The fourth-order valence-corrected chi connectivity index (χ4v) is 4.70. The van der Waals surface area contributed by atoms with Crippen LogP contribution in [0.3, 0.4) is 0 Å². The molecule has 0 unspecified atom stereocenters. The quantitative estimate of drug-likeness (QED) is 0.776. The first-order chi connectivity index (χ1) is 15.5. The van der Waals surface area contributed by atoms with E-state index in [4.69, 9.17) is 4.74 Å². The smallest absolute Gasteiger partial charge is 0.321 e. The van der Waals surface area contributed by atoms with Crippen molar-refractivity contribution >= 4 is 17.6 Å². The molecule has 2 aliphatic rings. The average molecular weight is 440 g/mol. The Labute approximate surface area is 189 Å². The highest BCUT2D eigenvalue weighted by molar-refractivity contribution is 5.89. The number of benzene rings is 1. The maximum absolute atomic E-state index is 13.0. The third-order valence-electron chi connectivity index (χ3n) is 6.68. The molecule has 3 amide bonds. The number of amides is 3. The van der Waals surface area contributed by atoms with Crippen molar-refractivity contribution in [2.45, 2.75) is 58.3 Å². The molecule has 0 aliphatic carbocycles. The number of fused-ring (bicyclic) bond motifs is 2. The Bertz CT molecular complexity index is 943. The van der Waals surface area contributed by atoms with Crippen LogP contribution in [-0.2, 0) is 28.1 Å². The first-order valence-corrected chi connectivity index (χ1v) is 11.6. The highest BCUT2D eigenvalue weighted by Gasteiger charge is 2.48. The van der Waals surface area contributed by atoms with Crippen molar-refractivity contribution in [1.29, 1.82) is 0 Å². The Balaban J connectivity index is 1.45. The number of likely N-dealkylation sites (tertiary alicyclic amines) is 1. The lowest BCUT2D eigenvalue weighted by molar-refractivity contribution is -0.179. The number of hydrogen-bond acceptors (Lipinski definition) is 4. The summed E-state index contributed by atoms with van der Waals surface area (Å²) in [5, 5.41) is 2.99. The normalized spacial score (nSPS) is 19.5. The van der Waals surface area contributed by atoms with E-state index in [1.807, 2.05) is 58.7 Å². The molecule has 1 aromatic heterocycles. The molecule has 1 saturated heterocycles. The van der Waals surface area contributed by atoms with Crippen LogP contribution in [0.5, 0.6) is 0 Å². The number of rotatable bonds is 5. The van der Waals surface area contributed by atoms with E-state index in [2.05, 4.69) is 17.2 Å². The van der Waals surface area contributed by atoms with Crippen LogP contribution in [-0.4, -0.2) is 63.6 Å². The monoisotopic (exact) mass is 439 g/mol. The Morgan fingerprint density at radius 1 is 1.16 bits per heavy atom. The molecule has 2 aliphatic heterocycles. The molecule has 1 atom stereocenters. The van der Waals surface area contributed by atoms with Crippen molar-refractivity contribution in [3.05, 3.63) is 48.0 Å². The van der Waals surface area contributed by atoms with E-state index in [-0.39, 0.29) is 11.9 Å². The topological polar surface area (TPSA) is 79.7 Å². The van der Waals surface area contributed by atoms with E-state index in [0.29, 0.717) is 45.6 Å². The molecule has 0 radical (unpaired) electrons. The van der Waals surface area contributed by atoms with Crippen LogP contribution < -0.4 is 5.32 Å². The second kappa shape index (κ2) is 9.32. The number of anilines is 1. The average Bonchev–Trinajstić information content (AvgIpc) is 3.30. The predicted molar refractivity (Wildman–Crippen MR) is 122 cm³/mol. The number of nitrogens with zero attached hydrogens (tertiary/aromatic N) is 4. The zero-order valence-corrected chi connectivity index (χ0v) is 19.2. The highest BCUT2D eigenvalue weighted by atomic mass is 16.5. The molecule has 1 N–H and O–H groups in total. The standard InChI is InChI=1S/C24H33N5O3/c1-4-18-7-9-19(10-8-18)26-23(31)28-14-11-24(12-15-28)22-25-13-16-29(22)17-20(32-24)21(30)27(5-2)6-3/h7-10,13,16,20H,4-6,11-12,14-15,17H2,1-3H3,(H,26,31)/t20-/m1/s1. The Kier molecular flexibility index (Phi) is 6.50. The lowest BCUT2D eigenvalue weighted by Crippen LogP contribution is -2.55. The number of imidazole rings is 1. The van der Waals surface area contributed by atoms with Crippen molar-refractivity contribution in [3.63, 3.8) is 0 Å². The van der Waals surface area contributed by atoms with Crippen molar-refractivity contribution < 1.29 is 14.3 Å². The van der Waals surface area contributed by atoms with E-state index < -0.39 is 11.7 Å². The number of carbonyl (C=O) groups is 2. The van der Waals surface area contributed by atoms with Crippen molar-refractivity contribution in [2.75, 3.05) is 31.5 Å². The number of piperidine rings is 1. The van der Waals surface area contributed by atoms with Gasteiger partial charge < -0.3 is 24.4 Å². The summed E-state index contributed by atoms with van der Waals surface area (Å²) in [5.41, 5.74) is 1.39. The second-order valence-corrected chi connectivity index (χ2v) is 8.48. The molecule has 32 heavy (non-hydrogen) atoms. The van der Waals surface area contributed by atoms with Crippen LogP contribution in [0.2, 0.25) is 0 Å². The van der Waals surface area contributed by atoms with Crippen LogP contribution in [0.25, 0.3) is 0 Å². The molecule has 2 aromatic rings. The molecule has 0 bridgehead atoms. The summed E-state index contributed by atoms with van der Waals surface area (Å²) in [7, 11) is 0. The van der Waals surface area contributed by atoms with Crippen LogP contribution in [0.15, 0.2) is 36.7 Å². The fraction of sp³-hybridized carbons (Fsp3) is 0.542. The van der Waals surface area contributed by atoms with Gasteiger partial charge in [-0.15, -0.1) is 0 Å². The number of hydrogen-bond donors (Lipinski definition) is 1. The summed E-state index contributed by atoms with van der Waals surface area (Å²) >= 11 is 0. The van der Waals surface area contributed by atoms with Gasteiger partial charge in [-0.25, -0.2) is 9.78 Å². The van der Waals surface area contributed by atoms with Gasteiger partial charge in [0.1, 0.15) is 11.4 Å². The summed E-state index contributed by atoms with van der Waals surface area (Å²) in [6.45, 7) is 8.94. The molecule has 8 heteroatoms. The third-order valence-corrected chi connectivity index (χ3v) is 6.68. The first-order valence-electron chi connectivity index (χ1n) is 11.6. The number of aryl methyl sites for hydroxylation is 1. The third kappa shape index (κ3) is 4.24. The summed E-state index contributed by atoms with van der Waals surface area (Å²) in [6, 6.07) is 7.82. The second-order valence-electron chi connectivity index (χ2n) is 8.48. The van der Waals surface area contributed by atoms with Gasteiger partial charge in [0, 0.05) is 57.1 Å². The number of likely N-dealkylation sites (N-methyl/N-ethyl adjacent to an activating group) is 1. The maximum Gasteiger partial charge on any atom is 0.321 e. The van der Waals surface area contributed by atoms with Gasteiger partial charge in [-0.05, 0) is 38.0 Å². The van der Waals surface area contributed by atoms with Gasteiger partial charge in [-0.3, -0.25) is 4.79 Å². The van der Waals surface area contributed by atoms with Crippen LogP contribution >= 0.6 is 0 Å². The van der Waals surface area contributed by atoms with Crippen molar-refractivity contribution in [2.24, 2.45) is 0 Å². The minimum atomic E-state index is -0.644. The fourth-order valence-electron chi connectivity index (χ4n) is 4.70. The molecular formula is C24H33N5O3. The number of aromatic nitrogens is 2. The van der Waals surface area contributed by atoms with Gasteiger partial charge in [-0.2, -0.15) is 0 Å². The van der Waals surface area contributed by atoms with Crippen LogP contribution in [0.4, 0.5) is 10.5 Å². The molecule has 1 aromatic carbocycles. The van der Waals surface area contributed by atoms with E-state index in [9.17, 15) is 9.59 Å². The lowest BCUT2D eigenvalue weighted by atomic mass is 9.88. The van der Waals surface area contributed by atoms with Gasteiger partial charge in [0.05, 0.1) is 6.54 Å². The van der Waals surface area contributed by atoms with Gasteiger partial charge in [0.2, 0.25) is 0 Å². The molecule has 0 saturated carbocycles. The zero-order valence-electron chi connectivity index (χ0n) is 19.2. The van der Waals surface area contributed by atoms with E-state index >= 15 is 0 Å². The lowest BCUT2D eigenvalue weighted by Gasteiger charge is -2.46. The Morgan fingerprint density at radius 3 is 2.47 bits per heavy atom. The van der Waals surface area contributed by atoms with E-state index in [0.717, 1.165) is 17.9 Å². The number of carbonyl (C=O) groups excluding carboxylic acids is 2. The van der Waals surface area contributed by atoms with E-state index in [1.165, 1.54) is 5.56 Å². The van der Waals surface area contributed by atoms with Gasteiger partial charge in [0.15, 0.2) is 6.10 Å². The van der Waals surface area contributed by atoms with Crippen LogP contribution in [0.1, 0.15) is 45.0 Å². The highest BCUT2D eigenvalue weighted by Crippen LogP contribution is 2.40. The Hall–Kier alpha value is -2.87. The number of urea groups is 1. The summed E-state index contributed by atoms with van der Waals surface area (Å²) in [6.07, 6.45) is 5.33. The van der Waals surface area contributed by atoms with Gasteiger partial charge in [0.25, 0.3) is 5.91 Å². The molecule has 1 spiro atoms. The van der Waals surface area contributed by atoms with Crippen molar-refractivity contribution in [3.8, 4) is 0 Å². The first kappa shape index (κ1) is 22.3. The zero-order chi connectivity index (χ0) is 22.7. The maximum atomic E-state index is 13.0. The number of nitrogens with one attached hydrogen (secondary N) is 1. The number of ether oxygens (including phenoxy) is 1. The predicted octanol–water partition coefficient (Wildman–Crippen LogP) is 3.24. The molecule has 1 fully saturated rings. The SMILES string of the molecule is CCc1ccc(NC(=O)N2CCC3(CC2)O[C@@H](C(=O)N(CC)CC)Cn2ccnc23)cc1. The van der Waals surface area contributed by atoms with Gasteiger partial charge in [-0.1, -0.05) is 19.1 Å². The summed E-state index contributed by atoms with van der Waals surface area (Å²) in [5.74, 6) is 0.876. The largest absolute Gasteiger partial charge is 0.352 e. The van der Waals surface area contributed by atoms with E-state index in [1.54, 1.807) is 6.20 Å². The van der Waals surface area contributed by atoms with Gasteiger partial charge >= 0.3 is 6.03 Å². The summed E-state index contributed by atoms with van der Waals surface area (Å²) in [4.78, 5) is 34.0.